The quantitative estimate of drug-likeness (QED) is 0.850. The molecule has 132 valence electrons. The predicted molar refractivity (Wildman–Crippen MR) is 95.4 cm³/mol. The van der Waals surface area contributed by atoms with Crippen LogP contribution in [0, 0.1) is 0 Å². The summed E-state index contributed by atoms with van der Waals surface area (Å²) < 4.78 is 23.5. The molecule has 6 nitrogen and oxygen atoms in total. The monoisotopic (exact) mass is 379 g/mol. The molecule has 1 aliphatic rings. The number of rotatable bonds is 4. The van der Waals surface area contributed by atoms with Crippen LogP contribution in [0.15, 0.2) is 28.5 Å². The van der Waals surface area contributed by atoms with Crippen LogP contribution in [0.25, 0.3) is 0 Å². The third kappa shape index (κ3) is 3.74. The molecule has 0 fully saturated rings. The van der Waals surface area contributed by atoms with E-state index >= 15 is 0 Å². The molecule has 2 N–H and O–H groups in total. The second kappa shape index (κ2) is 6.61. The number of carboxylic acids is 1. The number of carbonyl (C=O) groups excluding carboxylic acids is 1. The first kappa shape index (κ1) is 17.6. The summed E-state index contributed by atoms with van der Waals surface area (Å²) in [4.78, 5) is 24.9. The lowest BCUT2D eigenvalue weighted by molar-refractivity contribution is 0.0696. The molecule has 1 amide bonds. The standard InChI is InChI=1S/C17H17NO5S2/c1-25(22,23)12-7-10(17(20)21)6-11(8-12)18-16(19)14-9-24-15-5-3-2-4-13(14)15/h6-9H,2-5H2,1H3,(H,18,19)(H,20,21). The summed E-state index contributed by atoms with van der Waals surface area (Å²) in [5.74, 6) is -1.60. The normalized spacial score (nSPS) is 14.0. The smallest absolute Gasteiger partial charge is 0.335 e. The Bertz CT molecular complexity index is 959. The van der Waals surface area contributed by atoms with Crippen LogP contribution in [-0.4, -0.2) is 31.7 Å². The maximum atomic E-state index is 12.6. The van der Waals surface area contributed by atoms with Gasteiger partial charge in [-0.3, -0.25) is 4.79 Å². The number of sulfone groups is 1. The van der Waals surface area contributed by atoms with Gasteiger partial charge < -0.3 is 10.4 Å². The van der Waals surface area contributed by atoms with Gasteiger partial charge in [0, 0.05) is 22.2 Å². The molecule has 1 aliphatic carbocycles. The fraction of sp³-hybridized carbons (Fsp3) is 0.294. The zero-order chi connectivity index (χ0) is 18.2. The fourth-order valence-corrected chi connectivity index (χ4v) is 4.70. The minimum Gasteiger partial charge on any atom is -0.478 e. The van der Waals surface area contributed by atoms with Gasteiger partial charge in [-0.2, -0.15) is 0 Å². The van der Waals surface area contributed by atoms with Gasteiger partial charge in [-0.15, -0.1) is 11.3 Å². The van der Waals surface area contributed by atoms with Crippen molar-refractivity contribution in [2.24, 2.45) is 0 Å². The summed E-state index contributed by atoms with van der Waals surface area (Å²) in [6.07, 6.45) is 4.98. The van der Waals surface area contributed by atoms with Crippen LogP contribution in [0.2, 0.25) is 0 Å². The molecule has 8 heteroatoms. The summed E-state index contributed by atoms with van der Waals surface area (Å²) in [5.41, 5.74) is 1.60. The highest BCUT2D eigenvalue weighted by Crippen LogP contribution is 2.31. The highest BCUT2D eigenvalue weighted by Gasteiger charge is 2.21. The van der Waals surface area contributed by atoms with Crippen LogP contribution in [0.3, 0.4) is 0 Å². The van der Waals surface area contributed by atoms with Gasteiger partial charge in [-0.25, -0.2) is 13.2 Å². The first-order valence-corrected chi connectivity index (χ1v) is 10.5. The van der Waals surface area contributed by atoms with Crippen molar-refractivity contribution in [1.82, 2.24) is 0 Å². The molecular weight excluding hydrogens is 362 g/mol. The lowest BCUT2D eigenvalue weighted by atomic mass is 9.95. The first-order valence-electron chi connectivity index (χ1n) is 7.75. The number of nitrogens with one attached hydrogen (secondary N) is 1. The molecule has 0 atom stereocenters. The summed E-state index contributed by atoms with van der Waals surface area (Å²) >= 11 is 1.56. The van der Waals surface area contributed by atoms with Crippen LogP contribution in [0.1, 0.15) is 44.0 Å². The maximum absolute atomic E-state index is 12.6. The molecule has 0 saturated heterocycles. The van der Waals surface area contributed by atoms with E-state index in [0.29, 0.717) is 5.56 Å². The number of fused-ring (bicyclic) bond motifs is 1. The van der Waals surface area contributed by atoms with Crippen molar-refractivity contribution in [3.63, 3.8) is 0 Å². The molecular formula is C17H17NO5S2. The molecule has 0 saturated carbocycles. The Kier molecular flexibility index (Phi) is 4.66. The van der Waals surface area contributed by atoms with Crippen molar-refractivity contribution >= 4 is 38.7 Å². The van der Waals surface area contributed by atoms with E-state index in [9.17, 15) is 18.0 Å². The number of anilines is 1. The van der Waals surface area contributed by atoms with Crippen LogP contribution in [0.4, 0.5) is 5.69 Å². The first-order chi connectivity index (χ1) is 11.8. The van der Waals surface area contributed by atoms with Crippen molar-refractivity contribution in [2.75, 3.05) is 11.6 Å². The Balaban J connectivity index is 1.94. The van der Waals surface area contributed by atoms with Crippen LogP contribution in [-0.2, 0) is 22.7 Å². The molecule has 1 aromatic carbocycles. The lowest BCUT2D eigenvalue weighted by Gasteiger charge is -2.13. The number of aryl methyl sites for hydroxylation is 1. The second-order valence-electron chi connectivity index (χ2n) is 6.04. The summed E-state index contributed by atoms with van der Waals surface area (Å²) in [5, 5.41) is 13.6. The number of hydrogen-bond donors (Lipinski definition) is 2. The number of aromatic carboxylic acids is 1. The van der Waals surface area contributed by atoms with Gasteiger partial charge in [0.15, 0.2) is 9.84 Å². The lowest BCUT2D eigenvalue weighted by Crippen LogP contribution is -2.15. The van der Waals surface area contributed by atoms with Crippen LogP contribution in [0.5, 0.6) is 0 Å². The van der Waals surface area contributed by atoms with E-state index in [1.807, 2.05) is 5.38 Å². The molecule has 0 aliphatic heterocycles. The zero-order valence-corrected chi connectivity index (χ0v) is 15.2. The minimum atomic E-state index is -3.60. The van der Waals surface area contributed by atoms with E-state index < -0.39 is 15.8 Å². The zero-order valence-electron chi connectivity index (χ0n) is 13.5. The molecule has 2 aromatic rings. The van der Waals surface area contributed by atoms with Crippen molar-refractivity contribution in [3.05, 3.63) is 45.1 Å². The number of benzene rings is 1. The average molecular weight is 379 g/mol. The van der Waals surface area contributed by atoms with E-state index in [0.717, 1.165) is 43.6 Å². The molecule has 0 bridgehead atoms. The maximum Gasteiger partial charge on any atom is 0.335 e. The third-order valence-electron chi connectivity index (χ3n) is 4.15. The van der Waals surface area contributed by atoms with Gasteiger partial charge in [0.05, 0.1) is 16.0 Å². The summed E-state index contributed by atoms with van der Waals surface area (Å²) in [6.45, 7) is 0. The van der Waals surface area contributed by atoms with Crippen molar-refractivity contribution < 1.29 is 23.1 Å². The fourth-order valence-electron chi connectivity index (χ4n) is 2.89. The Labute approximate surface area is 149 Å². The summed E-state index contributed by atoms with van der Waals surface area (Å²) in [7, 11) is -3.60. The van der Waals surface area contributed by atoms with Crippen molar-refractivity contribution in [2.45, 2.75) is 30.6 Å². The SMILES string of the molecule is CS(=O)(=O)c1cc(NC(=O)c2csc3c2CCCC3)cc(C(=O)O)c1. The Morgan fingerprint density at radius 2 is 1.88 bits per heavy atom. The average Bonchev–Trinajstić information content (AvgIpc) is 2.97. The highest BCUT2D eigenvalue weighted by atomic mass is 32.2. The third-order valence-corrected chi connectivity index (χ3v) is 6.33. The van der Waals surface area contributed by atoms with Gasteiger partial charge in [0.1, 0.15) is 0 Å². The Hall–Kier alpha value is -2.19. The minimum absolute atomic E-state index is 0.143. The molecule has 0 unspecified atom stereocenters. The molecule has 3 rings (SSSR count). The largest absolute Gasteiger partial charge is 0.478 e. The predicted octanol–water partition coefficient (Wildman–Crippen LogP) is 2.98. The number of thiophene rings is 1. The Morgan fingerprint density at radius 1 is 1.16 bits per heavy atom. The number of hydrogen-bond acceptors (Lipinski definition) is 5. The second-order valence-corrected chi connectivity index (χ2v) is 9.02. The molecule has 25 heavy (non-hydrogen) atoms. The van der Waals surface area contributed by atoms with E-state index in [-0.39, 0.29) is 22.1 Å². The van der Waals surface area contributed by atoms with Gasteiger partial charge in [0.25, 0.3) is 5.91 Å². The van der Waals surface area contributed by atoms with E-state index in [1.165, 1.54) is 17.0 Å². The topological polar surface area (TPSA) is 101 Å². The van der Waals surface area contributed by atoms with Crippen LogP contribution >= 0.6 is 11.3 Å². The van der Waals surface area contributed by atoms with Gasteiger partial charge in [0.2, 0.25) is 0 Å². The van der Waals surface area contributed by atoms with Crippen molar-refractivity contribution in [3.8, 4) is 0 Å². The summed E-state index contributed by atoms with van der Waals surface area (Å²) in [6, 6.07) is 3.62. The van der Waals surface area contributed by atoms with E-state index in [1.54, 1.807) is 11.3 Å². The van der Waals surface area contributed by atoms with Gasteiger partial charge in [-0.05, 0) is 49.4 Å². The van der Waals surface area contributed by atoms with Crippen molar-refractivity contribution in [1.29, 1.82) is 0 Å². The Morgan fingerprint density at radius 3 is 2.56 bits per heavy atom. The molecule has 1 heterocycles. The number of amides is 1. The highest BCUT2D eigenvalue weighted by molar-refractivity contribution is 7.90. The van der Waals surface area contributed by atoms with Gasteiger partial charge in [-0.1, -0.05) is 0 Å². The van der Waals surface area contributed by atoms with Crippen LogP contribution < -0.4 is 5.32 Å². The molecule has 0 spiro atoms. The number of carboxylic acid groups (broad SMARTS) is 1. The number of carbonyl (C=O) groups is 2. The molecule has 1 aromatic heterocycles. The molecule has 0 radical (unpaired) electrons. The van der Waals surface area contributed by atoms with Gasteiger partial charge >= 0.3 is 5.97 Å². The van der Waals surface area contributed by atoms with E-state index in [2.05, 4.69) is 5.32 Å². The van der Waals surface area contributed by atoms with E-state index in [4.69, 9.17) is 5.11 Å².